The maximum absolute atomic E-state index is 13.9. The summed E-state index contributed by atoms with van der Waals surface area (Å²) in [5.74, 6) is 0.311. The van der Waals surface area contributed by atoms with E-state index < -0.39 is 5.60 Å². The topological polar surface area (TPSA) is 70.3 Å². The third-order valence-electron chi connectivity index (χ3n) is 4.42. The summed E-state index contributed by atoms with van der Waals surface area (Å²) in [6.07, 6.45) is 2.94. The van der Waals surface area contributed by atoms with Crippen molar-refractivity contribution in [3.05, 3.63) is 42.1 Å². The minimum Gasteiger partial charge on any atom is -0.381 e. The van der Waals surface area contributed by atoms with E-state index in [0.717, 1.165) is 0 Å². The summed E-state index contributed by atoms with van der Waals surface area (Å²) >= 11 is 0. The van der Waals surface area contributed by atoms with Gasteiger partial charge in [0.15, 0.2) is 0 Å². The highest BCUT2D eigenvalue weighted by atomic mass is 19.1. The lowest BCUT2D eigenvalue weighted by Crippen LogP contribution is -2.36. The fourth-order valence-electron chi connectivity index (χ4n) is 3.06. The molecule has 4 rings (SSSR count). The normalized spacial score (nSPS) is 17.2. The second kappa shape index (κ2) is 5.92. The van der Waals surface area contributed by atoms with Crippen LogP contribution in [0.1, 0.15) is 18.7 Å². The minimum absolute atomic E-state index is 0.233. The molecule has 3 heterocycles. The molecule has 2 aromatic heterocycles. The number of benzene rings is 1. The minimum atomic E-state index is -0.628. The second-order valence-electron chi connectivity index (χ2n) is 5.76. The van der Waals surface area contributed by atoms with Crippen LogP contribution in [0.5, 0.6) is 0 Å². The molecule has 0 atom stereocenters. The Morgan fingerprint density at radius 3 is 2.88 bits per heavy atom. The van der Waals surface area contributed by atoms with Crippen molar-refractivity contribution in [2.45, 2.75) is 18.4 Å². The van der Waals surface area contributed by atoms with Gasteiger partial charge in [-0.2, -0.15) is 4.98 Å². The highest BCUT2D eigenvalue weighted by Crippen LogP contribution is 2.35. The molecule has 0 saturated carbocycles. The van der Waals surface area contributed by atoms with Gasteiger partial charge in [0.1, 0.15) is 11.4 Å². The Bertz CT molecular complexity index is 874. The van der Waals surface area contributed by atoms with Crippen molar-refractivity contribution in [2.75, 3.05) is 20.3 Å². The molecule has 0 aliphatic carbocycles. The molecule has 0 spiro atoms. The van der Waals surface area contributed by atoms with Gasteiger partial charge in [-0.05, 0) is 18.2 Å². The van der Waals surface area contributed by atoms with Crippen molar-refractivity contribution < 1.29 is 18.4 Å². The summed E-state index contributed by atoms with van der Waals surface area (Å²) in [5, 5.41) is 4.76. The summed E-state index contributed by atoms with van der Waals surface area (Å²) in [5.41, 5.74) is 0.464. The molecule has 1 fully saturated rings. The van der Waals surface area contributed by atoms with Gasteiger partial charge in [0.25, 0.3) is 5.89 Å². The van der Waals surface area contributed by atoms with E-state index in [4.69, 9.17) is 14.0 Å². The highest BCUT2D eigenvalue weighted by Gasteiger charge is 2.39. The molecule has 0 amide bonds. The van der Waals surface area contributed by atoms with Gasteiger partial charge in [-0.25, -0.2) is 4.39 Å². The number of methoxy groups -OCH3 is 1. The van der Waals surface area contributed by atoms with Crippen molar-refractivity contribution in [3.8, 4) is 11.5 Å². The zero-order chi connectivity index (χ0) is 16.6. The number of fused-ring (bicyclic) bond motifs is 1. The van der Waals surface area contributed by atoms with Gasteiger partial charge in [-0.15, -0.1) is 0 Å². The van der Waals surface area contributed by atoms with Crippen LogP contribution in [-0.2, 0) is 15.1 Å². The van der Waals surface area contributed by atoms with Crippen LogP contribution in [0, 0.1) is 5.82 Å². The highest BCUT2D eigenvalue weighted by molar-refractivity contribution is 5.91. The van der Waals surface area contributed by atoms with Crippen LogP contribution in [0.2, 0.25) is 0 Å². The van der Waals surface area contributed by atoms with E-state index in [9.17, 15) is 4.39 Å². The van der Waals surface area contributed by atoms with Gasteiger partial charge >= 0.3 is 0 Å². The fraction of sp³-hybridized carbons (Fsp3) is 0.353. The first-order valence-corrected chi connectivity index (χ1v) is 7.74. The summed E-state index contributed by atoms with van der Waals surface area (Å²) in [7, 11) is 1.63. The van der Waals surface area contributed by atoms with E-state index in [0.29, 0.717) is 48.3 Å². The summed E-state index contributed by atoms with van der Waals surface area (Å²) in [6.45, 7) is 1.14. The van der Waals surface area contributed by atoms with Crippen LogP contribution in [0.25, 0.3) is 22.4 Å². The Hall–Kier alpha value is -2.38. The number of aromatic nitrogens is 3. The maximum atomic E-state index is 13.9. The summed E-state index contributed by atoms with van der Waals surface area (Å²) in [6, 6.07) is 6.34. The fourth-order valence-corrected chi connectivity index (χ4v) is 3.06. The number of nitrogens with zero attached hydrogens (tertiary/aromatic N) is 3. The third-order valence-corrected chi connectivity index (χ3v) is 4.42. The van der Waals surface area contributed by atoms with Gasteiger partial charge in [-0.1, -0.05) is 11.2 Å². The van der Waals surface area contributed by atoms with Gasteiger partial charge in [0.05, 0.1) is 11.1 Å². The van der Waals surface area contributed by atoms with Crippen molar-refractivity contribution in [1.82, 2.24) is 15.1 Å². The molecular weight excluding hydrogens is 313 g/mol. The monoisotopic (exact) mass is 329 g/mol. The Labute approximate surface area is 137 Å². The first-order valence-electron chi connectivity index (χ1n) is 7.74. The number of hydrogen-bond donors (Lipinski definition) is 0. The number of rotatable bonds is 3. The summed E-state index contributed by atoms with van der Waals surface area (Å²) in [4.78, 5) is 8.79. The first kappa shape index (κ1) is 15.2. The molecule has 1 aromatic carbocycles. The molecule has 24 heavy (non-hydrogen) atoms. The van der Waals surface area contributed by atoms with Gasteiger partial charge in [-0.3, -0.25) is 4.98 Å². The van der Waals surface area contributed by atoms with E-state index in [-0.39, 0.29) is 11.7 Å². The Morgan fingerprint density at radius 2 is 2.08 bits per heavy atom. The molecule has 1 aliphatic heterocycles. The average Bonchev–Trinajstić information content (AvgIpc) is 3.12. The molecule has 124 valence electrons. The van der Waals surface area contributed by atoms with E-state index >= 15 is 0 Å². The maximum Gasteiger partial charge on any atom is 0.260 e. The van der Waals surface area contributed by atoms with Gasteiger partial charge < -0.3 is 14.0 Å². The quantitative estimate of drug-likeness (QED) is 0.735. The third kappa shape index (κ3) is 2.46. The Morgan fingerprint density at radius 1 is 1.25 bits per heavy atom. The number of halogens is 1. The first-order chi connectivity index (χ1) is 11.7. The van der Waals surface area contributed by atoms with Crippen LogP contribution < -0.4 is 0 Å². The van der Waals surface area contributed by atoms with E-state index in [1.807, 2.05) is 0 Å². The lowest BCUT2D eigenvalue weighted by atomic mass is 9.93. The standard InChI is InChI=1S/C17H16FN3O3/c1-22-17(4-7-23-8-5-17)16-20-15(24-21-16)13-10-12(18)9-11-3-2-6-19-14(11)13/h2-3,6,9-10H,4-5,7-8H2,1H3. The van der Waals surface area contributed by atoms with Gasteiger partial charge in [0, 0.05) is 44.7 Å². The van der Waals surface area contributed by atoms with Crippen LogP contribution in [0.4, 0.5) is 4.39 Å². The molecular formula is C17H16FN3O3. The largest absolute Gasteiger partial charge is 0.381 e. The van der Waals surface area contributed by atoms with Crippen molar-refractivity contribution in [1.29, 1.82) is 0 Å². The number of pyridine rings is 1. The van der Waals surface area contributed by atoms with E-state index in [1.165, 1.54) is 12.1 Å². The Balaban J connectivity index is 1.81. The molecule has 0 radical (unpaired) electrons. The zero-order valence-corrected chi connectivity index (χ0v) is 13.2. The molecule has 6 nitrogen and oxygen atoms in total. The van der Waals surface area contributed by atoms with Crippen LogP contribution in [0.15, 0.2) is 35.0 Å². The molecule has 3 aromatic rings. The predicted molar refractivity (Wildman–Crippen MR) is 83.7 cm³/mol. The predicted octanol–water partition coefficient (Wildman–Crippen LogP) is 3.08. The molecule has 1 saturated heterocycles. The van der Waals surface area contributed by atoms with E-state index in [1.54, 1.807) is 25.4 Å². The molecule has 0 N–H and O–H groups in total. The molecule has 0 unspecified atom stereocenters. The van der Waals surface area contributed by atoms with Crippen LogP contribution >= 0.6 is 0 Å². The number of ether oxygens (including phenoxy) is 2. The van der Waals surface area contributed by atoms with Crippen LogP contribution in [-0.4, -0.2) is 35.4 Å². The van der Waals surface area contributed by atoms with E-state index in [2.05, 4.69) is 15.1 Å². The lowest BCUT2D eigenvalue weighted by molar-refractivity contribution is -0.101. The lowest BCUT2D eigenvalue weighted by Gasteiger charge is -2.32. The van der Waals surface area contributed by atoms with Crippen molar-refractivity contribution >= 4 is 10.9 Å². The SMILES string of the molecule is COC1(c2noc(-c3cc(F)cc4cccnc34)n2)CCOCC1. The summed E-state index contributed by atoms with van der Waals surface area (Å²) < 4.78 is 30.4. The van der Waals surface area contributed by atoms with Crippen molar-refractivity contribution in [2.24, 2.45) is 0 Å². The van der Waals surface area contributed by atoms with Crippen LogP contribution in [0.3, 0.4) is 0 Å². The molecule has 0 bridgehead atoms. The average molecular weight is 329 g/mol. The zero-order valence-electron chi connectivity index (χ0n) is 13.2. The Kier molecular flexibility index (Phi) is 3.74. The molecule has 7 heteroatoms. The van der Waals surface area contributed by atoms with Gasteiger partial charge in [0.2, 0.25) is 5.82 Å². The second-order valence-corrected chi connectivity index (χ2v) is 5.76. The smallest absolute Gasteiger partial charge is 0.260 e. The molecule has 1 aliphatic rings. The van der Waals surface area contributed by atoms with Crippen molar-refractivity contribution in [3.63, 3.8) is 0 Å². The number of hydrogen-bond acceptors (Lipinski definition) is 6.